The number of hydrogen-bond donors (Lipinski definition) is 1. The Bertz CT molecular complexity index is 375. The Labute approximate surface area is 102 Å². The van der Waals surface area contributed by atoms with Gasteiger partial charge in [0.15, 0.2) is 0 Å². The molecule has 0 bridgehead atoms. The van der Waals surface area contributed by atoms with E-state index >= 15 is 0 Å². The maximum absolute atomic E-state index is 6.27. The van der Waals surface area contributed by atoms with Crippen molar-refractivity contribution in [1.29, 1.82) is 0 Å². The molecule has 2 rings (SSSR count). The van der Waals surface area contributed by atoms with E-state index in [-0.39, 0.29) is 6.04 Å². The fourth-order valence-electron chi connectivity index (χ4n) is 2.18. The normalized spacial score (nSPS) is 21.2. The second kappa shape index (κ2) is 5.38. The molecule has 2 unspecified atom stereocenters. The van der Waals surface area contributed by atoms with Gasteiger partial charge in [0.1, 0.15) is 11.5 Å². The second-order valence-electron chi connectivity index (χ2n) is 4.26. The van der Waals surface area contributed by atoms with Gasteiger partial charge in [-0.15, -0.1) is 0 Å². The average Bonchev–Trinajstić information content (AvgIpc) is 2.91. The molecule has 4 heteroatoms. The van der Waals surface area contributed by atoms with Crippen LogP contribution in [0.3, 0.4) is 0 Å². The third kappa shape index (κ3) is 2.53. The Hall–Kier alpha value is -1.26. The molecular weight excluding hydrogens is 218 g/mol. The number of benzene rings is 1. The van der Waals surface area contributed by atoms with E-state index in [1.165, 1.54) is 0 Å². The quantitative estimate of drug-likeness (QED) is 0.866. The summed E-state index contributed by atoms with van der Waals surface area (Å²) in [6.07, 6.45) is 1.01. The van der Waals surface area contributed by atoms with Crippen molar-refractivity contribution in [1.82, 2.24) is 0 Å². The Balaban J connectivity index is 2.23. The Morgan fingerprint density at radius 1 is 1.35 bits per heavy atom. The molecule has 1 fully saturated rings. The summed E-state index contributed by atoms with van der Waals surface area (Å²) in [5.74, 6) is 1.93. The third-order valence-corrected chi connectivity index (χ3v) is 3.27. The van der Waals surface area contributed by atoms with Crippen molar-refractivity contribution in [2.75, 3.05) is 27.4 Å². The van der Waals surface area contributed by atoms with Gasteiger partial charge in [-0.05, 0) is 12.5 Å². The largest absolute Gasteiger partial charge is 0.497 e. The fourth-order valence-corrected chi connectivity index (χ4v) is 2.18. The van der Waals surface area contributed by atoms with Crippen LogP contribution in [0.4, 0.5) is 0 Å². The van der Waals surface area contributed by atoms with E-state index in [9.17, 15) is 0 Å². The molecule has 0 amide bonds. The van der Waals surface area contributed by atoms with Crippen LogP contribution in [0.1, 0.15) is 18.0 Å². The predicted molar refractivity (Wildman–Crippen MR) is 65.4 cm³/mol. The number of hydrogen-bond acceptors (Lipinski definition) is 4. The highest BCUT2D eigenvalue weighted by atomic mass is 16.5. The highest BCUT2D eigenvalue weighted by molar-refractivity contribution is 5.42. The van der Waals surface area contributed by atoms with Crippen molar-refractivity contribution in [3.8, 4) is 11.5 Å². The van der Waals surface area contributed by atoms with E-state index in [0.29, 0.717) is 5.92 Å². The Morgan fingerprint density at radius 3 is 2.76 bits per heavy atom. The lowest BCUT2D eigenvalue weighted by atomic mass is 9.92. The number of ether oxygens (including phenoxy) is 3. The van der Waals surface area contributed by atoms with E-state index < -0.39 is 0 Å². The van der Waals surface area contributed by atoms with Gasteiger partial charge >= 0.3 is 0 Å². The SMILES string of the molecule is COc1ccc(C(N)C2CCOC2)c(OC)c1. The van der Waals surface area contributed by atoms with Crippen LogP contribution in [0.5, 0.6) is 11.5 Å². The Kier molecular flexibility index (Phi) is 3.86. The summed E-state index contributed by atoms with van der Waals surface area (Å²) in [6, 6.07) is 5.71. The molecule has 1 saturated heterocycles. The van der Waals surface area contributed by atoms with Crippen LogP contribution in [0.25, 0.3) is 0 Å². The molecule has 1 aromatic rings. The molecule has 0 aliphatic carbocycles. The predicted octanol–water partition coefficient (Wildman–Crippen LogP) is 1.74. The van der Waals surface area contributed by atoms with Gasteiger partial charge in [0.25, 0.3) is 0 Å². The lowest BCUT2D eigenvalue weighted by molar-refractivity contribution is 0.180. The molecule has 4 nitrogen and oxygen atoms in total. The maximum Gasteiger partial charge on any atom is 0.127 e. The summed E-state index contributed by atoms with van der Waals surface area (Å²) in [5.41, 5.74) is 7.28. The van der Waals surface area contributed by atoms with Crippen LogP contribution in [0, 0.1) is 5.92 Å². The lowest BCUT2D eigenvalue weighted by Gasteiger charge is -2.20. The minimum atomic E-state index is -0.0432. The van der Waals surface area contributed by atoms with Gasteiger partial charge in [-0.2, -0.15) is 0 Å². The molecule has 0 saturated carbocycles. The molecule has 1 aromatic carbocycles. The minimum Gasteiger partial charge on any atom is -0.497 e. The van der Waals surface area contributed by atoms with Crippen molar-refractivity contribution in [2.45, 2.75) is 12.5 Å². The summed E-state index contributed by atoms with van der Waals surface area (Å²) in [7, 11) is 3.29. The first kappa shape index (κ1) is 12.2. The van der Waals surface area contributed by atoms with Gasteiger partial charge < -0.3 is 19.9 Å². The fraction of sp³-hybridized carbons (Fsp3) is 0.538. The van der Waals surface area contributed by atoms with Crippen LogP contribution in [-0.4, -0.2) is 27.4 Å². The lowest BCUT2D eigenvalue weighted by Crippen LogP contribution is -2.22. The van der Waals surface area contributed by atoms with Gasteiger partial charge in [0, 0.05) is 30.2 Å². The van der Waals surface area contributed by atoms with Crippen LogP contribution >= 0.6 is 0 Å². The molecule has 1 aliphatic rings. The summed E-state index contributed by atoms with van der Waals surface area (Å²) in [4.78, 5) is 0. The van der Waals surface area contributed by atoms with E-state index in [4.69, 9.17) is 19.9 Å². The molecule has 2 N–H and O–H groups in total. The summed E-state index contributed by atoms with van der Waals surface area (Å²) >= 11 is 0. The van der Waals surface area contributed by atoms with Gasteiger partial charge in [-0.3, -0.25) is 0 Å². The molecule has 2 atom stereocenters. The highest BCUT2D eigenvalue weighted by Gasteiger charge is 2.26. The first-order valence-corrected chi connectivity index (χ1v) is 5.81. The number of methoxy groups -OCH3 is 2. The molecule has 17 heavy (non-hydrogen) atoms. The topological polar surface area (TPSA) is 53.7 Å². The Morgan fingerprint density at radius 2 is 2.18 bits per heavy atom. The first-order chi connectivity index (χ1) is 8.26. The van der Waals surface area contributed by atoms with Gasteiger partial charge in [0.05, 0.1) is 20.8 Å². The molecule has 0 spiro atoms. The number of nitrogens with two attached hydrogens (primary N) is 1. The van der Waals surface area contributed by atoms with Crippen molar-refractivity contribution in [3.63, 3.8) is 0 Å². The highest BCUT2D eigenvalue weighted by Crippen LogP contribution is 2.34. The third-order valence-electron chi connectivity index (χ3n) is 3.27. The smallest absolute Gasteiger partial charge is 0.127 e. The van der Waals surface area contributed by atoms with Crippen LogP contribution in [0.2, 0.25) is 0 Å². The van der Waals surface area contributed by atoms with E-state index in [2.05, 4.69) is 0 Å². The second-order valence-corrected chi connectivity index (χ2v) is 4.26. The zero-order valence-corrected chi connectivity index (χ0v) is 10.3. The van der Waals surface area contributed by atoms with Crippen molar-refractivity contribution >= 4 is 0 Å². The summed E-state index contributed by atoms with van der Waals surface area (Å²) in [5, 5.41) is 0. The first-order valence-electron chi connectivity index (χ1n) is 5.81. The number of rotatable bonds is 4. The molecule has 1 aliphatic heterocycles. The van der Waals surface area contributed by atoms with Crippen molar-refractivity contribution < 1.29 is 14.2 Å². The van der Waals surface area contributed by atoms with E-state index in [0.717, 1.165) is 36.7 Å². The molecular formula is C13H19NO3. The minimum absolute atomic E-state index is 0.0432. The van der Waals surface area contributed by atoms with Crippen LogP contribution < -0.4 is 15.2 Å². The standard InChI is InChI=1S/C13H19NO3/c1-15-10-3-4-11(12(7-10)16-2)13(14)9-5-6-17-8-9/h3-4,7,9,13H,5-6,8,14H2,1-2H3. The van der Waals surface area contributed by atoms with E-state index in [1.807, 2.05) is 18.2 Å². The molecule has 0 radical (unpaired) electrons. The molecule has 0 aromatic heterocycles. The van der Waals surface area contributed by atoms with Crippen LogP contribution in [-0.2, 0) is 4.74 Å². The zero-order valence-electron chi connectivity index (χ0n) is 10.3. The monoisotopic (exact) mass is 237 g/mol. The van der Waals surface area contributed by atoms with Gasteiger partial charge in [0.2, 0.25) is 0 Å². The molecule has 94 valence electrons. The molecule has 1 heterocycles. The van der Waals surface area contributed by atoms with Gasteiger partial charge in [-0.25, -0.2) is 0 Å². The van der Waals surface area contributed by atoms with Crippen molar-refractivity contribution in [3.05, 3.63) is 23.8 Å². The zero-order chi connectivity index (χ0) is 12.3. The van der Waals surface area contributed by atoms with Crippen LogP contribution in [0.15, 0.2) is 18.2 Å². The summed E-state index contributed by atoms with van der Waals surface area (Å²) in [6.45, 7) is 1.53. The van der Waals surface area contributed by atoms with Gasteiger partial charge in [-0.1, -0.05) is 6.07 Å². The average molecular weight is 237 g/mol. The maximum atomic E-state index is 6.27. The summed E-state index contributed by atoms with van der Waals surface area (Å²) < 4.78 is 15.9. The van der Waals surface area contributed by atoms with Crippen molar-refractivity contribution in [2.24, 2.45) is 11.7 Å². The van der Waals surface area contributed by atoms with E-state index in [1.54, 1.807) is 14.2 Å².